The summed E-state index contributed by atoms with van der Waals surface area (Å²) in [5, 5.41) is 3.57. The molecule has 0 saturated heterocycles. The molecule has 16 heavy (non-hydrogen) atoms. The van der Waals surface area contributed by atoms with Crippen LogP contribution in [0.1, 0.15) is 63.1 Å². The first-order valence-electron chi connectivity index (χ1n) is 6.39. The summed E-state index contributed by atoms with van der Waals surface area (Å²) in [6.45, 7) is 9.24. The zero-order chi connectivity index (χ0) is 11.8. The molecular weight excluding hydrogens is 214 g/mol. The van der Waals surface area contributed by atoms with Crippen LogP contribution in [-0.4, -0.2) is 4.98 Å². The van der Waals surface area contributed by atoms with E-state index in [1.54, 1.807) is 0 Å². The van der Waals surface area contributed by atoms with Crippen LogP contribution in [0.4, 0.5) is 0 Å². The van der Waals surface area contributed by atoms with Crippen molar-refractivity contribution in [1.29, 1.82) is 0 Å². The fourth-order valence-electron chi connectivity index (χ4n) is 2.77. The van der Waals surface area contributed by atoms with Crippen LogP contribution >= 0.6 is 11.3 Å². The predicted octanol–water partition coefficient (Wildman–Crippen LogP) is 4.77. The van der Waals surface area contributed by atoms with E-state index in [9.17, 15) is 0 Å². The van der Waals surface area contributed by atoms with E-state index in [2.05, 4.69) is 38.1 Å². The van der Waals surface area contributed by atoms with Gasteiger partial charge in [0.05, 0.1) is 5.01 Å². The van der Waals surface area contributed by atoms with Gasteiger partial charge < -0.3 is 0 Å². The summed E-state index contributed by atoms with van der Waals surface area (Å²) in [6, 6.07) is 0. The second kappa shape index (κ2) is 4.48. The number of hydrogen-bond acceptors (Lipinski definition) is 2. The maximum atomic E-state index is 4.64. The van der Waals surface area contributed by atoms with Gasteiger partial charge in [-0.3, -0.25) is 0 Å². The average Bonchev–Trinajstić information content (AvgIpc) is 2.64. The molecule has 1 aliphatic rings. The van der Waals surface area contributed by atoms with E-state index in [4.69, 9.17) is 0 Å². The van der Waals surface area contributed by atoms with E-state index in [0.29, 0.717) is 5.41 Å². The Morgan fingerprint density at radius 1 is 1.19 bits per heavy atom. The summed E-state index contributed by atoms with van der Waals surface area (Å²) >= 11 is 1.85. The second-order valence-corrected chi connectivity index (χ2v) is 7.13. The second-order valence-electron chi connectivity index (χ2n) is 6.24. The standard InChI is InChI=1S/C14H23NS/c1-10-9-16-13(15-10)11-5-7-12(8-6-11)14(2,3)4/h9,11-12H,5-8H2,1-4H3. The molecule has 90 valence electrons. The molecule has 0 aromatic carbocycles. The van der Waals surface area contributed by atoms with E-state index in [1.165, 1.54) is 36.4 Å². The zero-order valence-electron chi connectivity index (χ0n) is 10.9. The molecule has 2 heteroatoms. The van der Waals surface area contributed by atoms with Crippen LogP contribution < -0.4 is 0 Å². The molecule has 0 amide bonds. The molecule has 0 spiro atoms. The number of aromatic nitrogens is 1. The van der Waals surface area contributed by atoms with Gasteiger partial charge in [0.25, 0.3) is 0 Å². The average molecular weight is 237 g/mol. The van der Waals surface area contributed by atoms with Crippen LogP contribution in [0.25, 0.3) is 0 Å². The lowest BCUT2D eigenvalue weighted by Gasteiger charge is -2.36. The van der Waals surface area contributed by atoms with Crippen molar-refractivity contribution in [1.82, 2.24) is 4.98 Å². The molecule has 0 N–H and O–H groups in total. The van der Waals surface area contributed by atoms with Gasteiger partial charge in [-0.15, -0.1) is 11.3 Å². The molecule has 0 atom stereocenters. The minimum atomic E-state index is 0.490. The van der Waals surface area contributed by atoms with Gasteiger partial charge >= 0.3 is 0 Å². The van der Waals surface area contributed by atoms with Crippen molar-refractivity contribution < 1.29 is 0 Å². The van der Waals surface area contributed by atoms with Gasteiger partial charge in [0, 0.05) is 17.0 Å². The molecule has 1 nitrogen and oxygen atoms in total. The van der Waals surface area contributed by atoms with Gasteiger partial charge in [-0.1, -0.05) is 20.8 Å². The van der Waals surface area contributed by atoms with E-state index >= 15 is 0 Å². The Kier molecular flexibility index (Phi) is 3.39. The summed E-state index contributed by atoms with van der Waals surface area (Å²) in [5.74, 6) is 1.65. The third-order valence-corrected chi connectivity index (χ3v) is 5.06. The quantitative estimate of drug-likeness (QED) is 0.685. The van der Waals surface area contributed by atoms with Gasteiger partial charge in [0.15, 0.2) is 0 Å². The van der Waals surface area contributed by atoms with Gasteiger partial charge in [-0.25, -0.2) is 4.98 Å². The molecule has 1 saturated carbocycles. The third kappa shape index (κ3) is 2.65. The topological polar surface area (TPSA) is 12.9 Å². The van der Waals surface area contributed by atoms with Gasteiger partial charge in [0.2, 0.25) is 0 Å². The Balaban J connectivity index is 1.95. The van der Waals surface area contributed by atoms with Crippen molar-refractivity contribution in [2.45, 2.75) is 59.3 Å². The Morgan fingerprint density at radius 2 is 1.81 bits per heavy atom. The first-order chi connectivity index (χ1) is 7.47. The molecule has 0 radical (unpaired) electrons. The number of aryl methyl sites for hydroxylation is 1. The van der Waals surface area contributed by atoms with Gasteiger partial charge in [0.1, 0.15) is 0 Å². The maximum absolute atomic E-state index is 4.64. The van der Waals surface area contributed by atoms with E-state index in [0.717, 1.165) is 11.8 Å². The molecule has 2 rings (SSSR count). The Morgan fingerprint density at radius 3 is 2.25 bits per heavy atom. The van der Waals surface area contributed by atoms with E-state index in [-0.39, 0.29) is 0 Å². The summed E-state index contributed by atoms with van der Waals surface area (Å²) < 4.78 is 0. The van der Waals surface area contributed by atoms with Crippen LogP contribution in [0.3, 0.4) is 0 Å². The first kappa shape index (κ1) is 12.1. The summed E-state index contributed by atoms with van der Waals surface area (Å²) in [4.78, 5) is 4.64. The highest BCUT2D eigenvalue weighted by molar-refractivity contribution is 7.09. The number of nitrogens with zero attached hydrogens (tertiary/aromatic N) is 1. The van der Waals surface area contributed by atoms with Crippen LogP contribution in [0.5, 0.6) is 0 Å². The SMILES string of the molecule is Cc1csc(C2CCC(C(C)(C)C)CC2)n1. The van der Waals surface area contributed by atoms with Crippen LogP contribution in [0, 0.1) is 18.3 Å². The van der Waals surface area contributed by atoms with Crippen molar-refractivity contribution in [2.24, 2.45) is 11.3 Å². The highest BCUT2D eigenvalue weighted by Gasteiger charge is 2.30. The van der Waals surface area contributed by atoms with Crippen molar-refractivity contribution in [2.75, 3.05) is 0 Å². The highest BCUT2D eigenvalue weighted by Crippen LogP contribution is 2.43. The zero-order valence-corrected chi connectivity index (χ0v) is 11.7. The van der Waals surface area contributed by atoms with E-state index < -0.39 is 0 Å². The van der Waals surface area contributed by atoms with Gasteiger partial charge in [-0.2, -0.15) is 0 Å². The van der Waals surface area contributed by atoms with Crippen LogP contribution in [0.2, 0.25) is 0 Å². The first-order valence-corrected chi connectivity index (χ1v) is 7.27. The highest BCUT2D eigenvalue weighted by atomic mass is 32.1. The molecule has 0 aliphatic heterocycles. The molecule has 1 heterocycles. The summed E-state index contributed by atoms with van der Waals surface area (Å²) in [5.41, 5.74) is 1.68. The minimum Gasteiger partial charge on any atom is -0.246 e. The third-order valence-electron chi connectivity index (χ3n) is 3.94. The number of thiazole rings is 1. The summed E-state index contributed by atoms with van der Waals surface area (Å²) in [7, 11) is 0. The van der Waals surface area contributed by atoms with Crippen molar-refractivity contribution in [3.05, 3.63) is 16.1 Å². The summed E-state index contributed by atoms with van der Waals surface area (Å²) in [6.07, 6.45) is 5.45. The fourth-order valence-corrected chi connectivity index (χ4v) is 3.73. The van der Waals surface area contributed by atoms with Crippen molar-refractivity contribution in [3.8, 4) is 0 Å². The largest absolute Gasteiger partial charge is 0.246 e. The smallest absolute Gasteiger partial charge is 0.0959 e. The lowest BCUT2D eigenvalue weighted by atomic mass is 9.70. The lowest BCUT2D eigenvalue weighted by molar-refractivity contribution is 0.169. The number of hydrogen-bond donors (Lipinski definition) is 0. The molecular formula is C14H23NS. The van der Waals surface area contributed by atoms with E-state index in [1.807, 2.05) is 11.3 Å². The lowest BCUT2D eigenvalue weighted by Crippen LogP contribution is -2.25. The fraction of sp³-hybridized carbons (Fsp3) is 0.786. The van der Waals surface area contributed by atoms with Crippen LogP contribution in [-0.2, 0) is 0 Å². The molecule has 1 aromatic heterocycles. The number of rotatable bonds is 1. The molecule has 1 aliphatic carbocycles. The van der Waals surface area contributed by atoms with Crippen LogP contribution in [0.15, 0.2) is 5.38 Å². The Labute approximate surface area is 103 Å². The monoisotopic (exact) mass is 237 g/mol. The molecule has 0 bridgehead atoms. The van der Waals surface area contributed by atoms with Crippen molar-refractivity contribution in [3.63, 3.8) is 0 Å². The normalized spacial score (nSPS) is 27.0. The predicted molar refractivity (Wildman–Crippen MR) is 71.0 cm³/mol. The molecule has 1 fully saturated rings. The Bertz CT molecular complexity index is 340. The molecule has 1 aromatic rings. The molecule has 0 unspecified atom stereocenters. The van der Waals surface area contributed by atoms with Gasteiger partial charge in [-0.05, 0) is 43.9 Å². The maximum Gasteiger partial charge on any atom is 0.0959 e. The van der Waals surface area contributed by atoms with Crippen molar-refractivity contribution >= 4 is 11.3 Å². The minimum absolute atomic E-state index is 0.490. The Hall–Kier alpha value is -0.370.